The summed E-state index contributed by atoms with van der Waals surface area (Å²) in [5.74, 6) is 0.669. The number of anilines is 2. The summed E-state index contributed by atoms with van der Waals surface area (Å²) in [6.07, 6.45) is 4.11. The molecule has 1 N–H and O–H groups in total. The van der Waals surface area contributed by atoms with E-state index < -0.39 is 0 Å². The SMILES string of the molecule is Cc1cc(C)cc(Nc2ncc3c(n2)C2=C(CC3)SC(CN3CCOCC3)N2C)c1. The first-order valence-electron chi connectivity index (χ1n) is 10.7. The van der Waals surface area contributed by atoms with Crippen LogP contribution in [0, 0.1) is 13.8 Å². The molecule has 3 heterocycles. The molecule has 2 aromatic rings. The number of nitrogens with zero attached hydrogens (tertiary/aromatic N) is 4. The Balaban J connectivity index is 1.38. The van der Waals surface area contributed by atoms with Crippen LogP contribution in [0.15, 0.2) is 29.3 Å². The van der Waals surface area contributed by atoms with Crippen LogP contribution < -0.4 is 5.32 Å². The molecule has 1 atom stereocenters. The van der Waals surface area contributed by atoms with Gasteiger partial charge in [-0.25, -0.2) is 9.97 Å². The zero-order valence-electron chi connectivity index (χ0n) is 17.9. The Morgan fingerprint density at radius 3 is 2.67 bits per heavy atom. The molecular weight excluding hydrogens is 394 g/mol. The Kier molecular flexibility index (Phi) is 5.43. The molecule has 1 aromatic carbocycles. The highest BCUT2D eigenvalue weighted by molar-refractivity contribution is 8.04. The molecule has 0 radical (unpaired) electrons. The van der Waals surface area contributed by atoms with Crippen LogP contribution in [-0.2, 0) is 11.2 Å². The summed E-state index contributed by atoms with van der Waals surface area (Å²) in [6, 6.07) is 6.45. The highest BCUT2D eigenvalue weighted by atomic mass is 32.2. The molecule has 1 aromatic heterocycles. The van der Waals surface area contributed by atoms with Crippen molar-refractivity contribution in [2.24, 2.45) is 0 Å². The highest BCUT2D eigenvalue weighted by Crippen LogP contribution is 2.47. The van der Waals surface area contributed by atoms with Crippen LogP contribution in [0.1, 0.15) is 28.8 Å². The van der Waals surface area contributed by atoms with E-state index in [1.807, 2.05) is 18.0 Å². The summed E-state index contributed by atoms with van der Waals surface area (Å²) in [6.45, 7) is 9.03. The van der Waals surface area contributed by atoms with Gasteiger partial charge in [0.05, 0.1) is 30.0 Å². The van der Waals surface area contributed by atoms with Crippen LogP contribution in [0.3, 0.4) is 0 Å². The first kappa shape index (κ1) is 19.8. The van der Waals surface area contributed by atoms with Crippen molar-refractivity contribution in [3.8, 4) is 0 Å². The predicted molar refractivity (Wildman–Crippen MR) is 123 cm³/mol. The average Bonchev–Trinajstić information content (AvgIpc) is 3.04. The first-order chi connectivity index (χ1) is 14.6. The van der Waals surface area contributed by atoms with E-state index in [0.29, 0.717) is 11.3 Å². The Hall–Kier alpha value is -2.09. The largest absolute Gasteiger partial charge is 0.379 e. The number of hydrogen-bond acceptors (Lipinski definition) is 7. The lowest BCUT2D eigenvalue weighted by molar-refractivity contribution is 0.0346. The van der Waals surface area contributed by atoms with Crippen LogP contribution >= 0.6 is 11.8 Å². The van der Waals surface area contributed by atoms with Crippen molar-refractivity contribution in [2.45, 2.75) is 32.1 Å². The van der Waals surface area contributed by atoms with E-state index in [1.54, 1.807) is 0 Å². The lowest BCUT2D eigenvalue weighted by Gasteiger charge is -2.32. The molecule has 2 aliphatic heterocycles. The molecule has 6 nitrogen and oxygen atoms in total. The van der Waals surface area contributed by atoms with E-state index in [2.05, 4.69) is 59.2 Å². The molecule has 1 aliphatic carbocycles. The lowest BCUT2D eigenvalue weighted by atomic mass is 10.00. The molecule has 0 amide bonds. The summed E-state index contributed by atoms with van der Waals surface area (Å²) in [4.78, 5) is 16.0. The Morgan fingerprint density at radius 2 is 1.90 bits per heavy atom. The Bertz CT molecular complexity index is 965. The van der Waals surface area contributed by atoms with Gasteiger partial charge in [-0.05, 0) is 55.5 Å². The third-order valence-electron chi connectivity index (χ3n) is 6.03. The second-order valence-electron chi connectivity index (χ2n) is 8.44. The quantitative estimate of drug-likeness (QED) is 0.803. The second kappa shape index (κ2) is 8.21. The standard InChI is InChI=1S/C23H29N5OS/c1-15-10-16(2)12-18(11-15)25-23-24-13-17-4-5-19-22(21(17)26-23)27(3)20(30-19)14-28-6-8-29-9-7-28/h10-13,20H,4-9,14H2,1-3H3,(H,24,25,26). The maximum atomic E-state index is 5.51. The number of aromatic nitrogens is 2. The maximum absolute atomic E-state index is 5.51. The van der Waals surface area contributed by atoms with Gasteiger partial charge in [-0.15, -0.1) is 11.8 Å². The van der Waals surface area contributed by atoms with Gasteiger partial charge in [0.15, 0.2) is 0 Å². The van der Waals surface area contributed by atoms with E-state index in [4.69, 9.17) is 9.72 Å². The number of ether oxygens (including phenoxy) is 1. The predicted octanol–water partition coefficient (Wildman–Crippen LogP) is 3.79. The number of benzene rings is 1. The molecule has 30 heavy (non-hydrogen) atoms. The number of nitrogens with one attached hydrogen (secondary N) is 1. The Morgan fingerprint density at radius 1 is 1.13 bits per heavy atom. The minimum Gasteiger partial charge on any atom is -0.379 e. The molecular formula is C23H29N5OS. The van der Waals surface area contributed by atoms with Crippen molar-refractivity contribution in [3.63, 3.8) is 0 Å². The van der Waals surface area contributed by atoms with Crippen molar-refractivity contribution in [3.05, 3.63) is 51.7 Å². The Labute approximate surface area is 182 Å². The van der Waals surface area contributed by atoms with Crippen LogP contribution in [-0.4, -0.2) is 65.0 Å². The molecule has 1 saturated heterocycles. The normalized spacial score (nSPS) is 21.6. The fraction of sp³-hybridized carbons (Fsp3) is 0.478. The van der Waals surface area contributed by atoms with Gasteiger partial charge < -0.3 is 15.0 Å². The lowest BCUT2D eigenvalue weighted by Crippen LogP contribution is -2.43. The maximum Gasteiger partial charge on any atom is 0.227 e. The number of hydrogen-bond donors (Lipinski definition) is 1. The van der Waals surface area contributed by atoms with Gasteiger partial charge in [0.25, 0.3) is 0 Å². The summed E-state index contributed by atoms with van der Waals surface area (Å²) >= 11 is 2.02. The van der Waals surface area contributed by atoms with Gasteiger partial charge in [0, 0.05) is 43.5 Å². The summed E-state index contributed by atoms with van der Waals surface area (Å²) < 4.78 is 5.51. The molecule has 1 fully saturated rings. The highest BCUT2D eigenvalue weighted by Gasteiger charge is 2.36. The van der Waals surface area contributed by atoms with Crippen LogP contribution in [0.4, 0.5) is 11.6 Å². The first-order valence-corrected chi connectivity index (χ1v) is 11.6. The van der Waals surface area contributed by atoms with E-state index in [0.717, 1.165) is 57.1 Å². The van der Waals surface area contributed by atoms with E-state index >= 15 is 0 Å². The van der Waals surface area contributed by atoms with Crippen LogP contribution in [0.2, 0.25) is 0 Å². The molecule has 0 bridgehead atoms. The van der Waals surface area contributed by atoms with Gasteiger partial charge in [0.1, 0.15) is 0 Å². The molecule has 0 spiro atoms. The minimum atomic E-state index is 0.435. The van der Waals surface area contributed by atoms with Crippen molar-refractivity contribution >= 4 is 29.1 Å². The zero-order valence-corrected chi connectivity index (χ0v) is 18.8. The fourth-order valence-corrected chi connectivity index (χ4v) is 6.01. The summed E-state index contributed by atoms with van der Waals surface area (Å²) in [7, 11) is 2.22. The molecule has 5 rings (SSSR count). The molecule has 3 aliphatic rings. The molecule has 1 unspecified atom stereocenters. The third kappa shape index (κ3) is 3.94. The van der Waals surface area contributed by atoms with Gasteiger partial charge >= 0.3 is 0 Å². The average molecular weight is 424 g/mol. The van der Waals surface area contributed by atoms with E-state index in [1.165, 1.54) is 27.3 Å². The number of rotatable bonds is 4. The molecule has 0 saturated carbocycles. The van der Waals surface area contributed by atoms with Gasteiger partial charge in [-0.3, -0.25) is 4.90 Å². The van der Waals surface area contributed by atoms with E-state index in [9.17, 15) is 0 Å². The number of likely N-dealkylation sites (N-methyl/N-ethyl adjacent to an activating group) is 1. The topological polar surface area (TPSA) is 53.5 Å². The van der Waals surface area contributed by atoms with Gasteiger partial charge in [-0.2, -0.15) is 0 Å². The smallest absolute Gasteiger partial charge is 0.227 e. The van der Waals surface area contributed by atoms with Gasteiger partial charge in [-0.1, -0.05) is 6.07 Å². The number of aryl methyl sites for hydroxylation is 3. The van der Waals surface area contributed by atoms with Crippen molar-refractivity contribution in [1.29, 1.82) is 0 Å². The van der Waals surface area contributed by atoms with Crippen molar-refractivity contribution < 1.29 is 4.74 Å². The van der Waals surface area contributed by atoms with Crippen molar-refractivity contribution in [1.82, 2.24) is 19.8 Å². The van der Waals surface area contributed by atoms with E-state index in [-0.39, 0.29) is 0 Å². The van der Waals surface area contributed by atoms with Gasteiger partial charge in [0.2, 0.25) is 5.95 Å². The number of morpholine rings is 1. The second-order valence-corrected chi connectivity index (χ2v) is 9.71. The van der Waals surface area contributed by atoms with Crippen LogP contribution in [0.5, 0.6) is 0 Å². The number of thioether (sulfide) groups is 1. The molecule has 7 heteroatoms. The monoisotopic (exact) mass is 423 g/mol. The fourth-order valence-electron chi connectivity index (χ4n) is 4.56. The number of allylic oxidation sites excluding steroid dienone is 1. The van der Waals surface area contributed by atoms with Crippen molar-refractivity contribution in [2.75, 3.05) is 45.2 Å². The summed E-state index contributed by atoms with van der Waals surface area (Å²) in [5.41, 5.74) is 7.15. The molecule has 158 valence electrons. The van der Waals surface area contributed by atoms with Crippen LogP contribution in [0.25, 0.3) is 5.70 Å². The minimum absolute atomic E-state index is 0.435. The zero-order chi connectivity index (χ0) is 20.7. The summed E-state index contributed by atoms with van der Waals surface area (Å²) in [5, 5.41) is 3.85. The number of fused-ring (bicyclic) bond motifs is 2. The third-order valence-corrected chi connectivity index (χ3v) is 7.45.